The molecule has 2 amide bonds. The third-order valence-corrected chi connectivity index (χ3v) is 8.97. The predicted molar refractivity (Wildman–Crippen MR) is 134 cm³/mol. The van der Waals surface area contributed by atoms with Crippen molar-refractivity contribution in [3.05, 3.63) is 41.4 Å². The van der Waals surface area contributed by atoms with Gasteiger partial charge in [0.25, 0.3) is 0 Å². The maximum Gasteiger partial charge on any atom is 0.496 e. The predicted octanol–water partition coefficient (Wildman–Crippen LogP) is -0.257. The Bertz CT molecular complexity index is 1350. The van der Waals surface area contributed by atoms with Crippen molar-refractivity contribution in [3.8, 4) is 0 Å². The van der Waals surface area contributed by atoms with Crippen molar-refractivity contribution in [1.82, 2.24) is 9.97 Å². The van der Waals surface area contributed by atoms with Crippen LogP contribution < -0.4 is 16.9 Å². The first-order valence-corrected chi connectivity index (χ1v) is 14.4. The zero-order valence-corrected chi connectivity index (χ0v) is 23.2. The summed E-state index contributed by atoms with van der Waals surface area (Å²) in [7, 11) is -8.19. The van der Waals surface area contributed by atoms with Gasteiger partial charge >= 0.3 is 7.12 Å². The van der Waals surface area contributed by atoms with Gasteiger partial charge in [-0.05, 0) is 55.8 Å². The number of aromatic nitrogens is 2. The summed E-state index contributed by atoms with van der Waals surface area (Å²) in [6.07, 6.45) is 5.27. The number of hydrogen-bond acceptors (Lipinski definition) is 10. The number of halogens is 1. The molecule has 3 rings (SSSR count). The maximum absolute atomic E-state index is 12.0. The minimum absolute atomic E-state index is 0.0225. The minimum atomic E-state index is -3.82. The number of pyridine rings is 2. The van der Waals surface area contributed by atoms with Crippen LogP contribution >= 0.6 is 15.9 Å². The molecule has 36 heavy (non-hydrogen) atoms. The molecule has 1 saturated heterocycles. The fraction of sp³-hybridized carbons (Fsp3) is 0.400. The Labute approximate surface area is 218 Å². The molecule has 4 N–H and O–H groups in total. The van der Waals surface area contributed by atoms with E-state index >= 15 is 0 Å². The highest BCUT2D eigenvalue weighted by Gasteiger charge is 2.52. The van der Waals surface area contributed by atoms with E-state index in [1.54, 1.807) is 0 Å². The van der Waals surface area contributed by atoms with Crippen LogP contribution in [0.1, 0.15) is 27.7 Å². The van der Waals surface area contributed by atoms with Crippen molar-refractivity contribution in [2.75, 3.05) is 11.5 Å². The average molecular weight is 605 g/mol. The Balaban J connectivity index is 0.000000281. The van der Waals surface area contributed by atoms with Gasteiger partial charge in [-0.2, -0.15) is 0 Å². The van der Waals surface area contributed by atoms with Crippen LogP contribution in [0.3, 0.4) is 0 Å². The molecule has 0 radical (unpaired) electrons. The lowest BCUT2D eigenvalue weighted by atomic mass is 9.80. The number of amides is 2. The lowest BCUT2D eigenvalue weighted by molar-refractivity contribution is -0.116. The largest absolute Gasteiger partial charge is 0.496 e. The van der Waals surface area contributed by atoms with Crippen LogP contribution in [0.5, 0.6) is 0 Å². The van der Waals surface area contributed by atoms with Crippen molar-refractivity contribution in [2.45, 2.75) is 48.7 Å². The summed E-state index contributed by atoms with van der Waals surface area (Å²) in [4.78, 5) is 28.8. The molecule has 12 nitrogen and oxygen atoms in total. The van der Waals surface area contributed by atoms with Crippen LogP contribution in [0, 0.1) is 0 Å². The molecule has 3 heterocycles. The number of nitrogens with two attached hydrogens (primary N) is 2. The molecule has 1 aliphatic rings. The minimum Gasteiger partial charge on any atom is -0.399 e. The Morgan fingerprint density at radius 2 is 1.25 bits per heavy atom. The van der Waals surface area contributed by atoms with Crippen molar-refractivity contribution >= 4 is 60.0 Å². The van der Waals surface area contributed by atoms with Gasteiger partial charge in [-0.15, -0.1) is 0 Å². The molecule has 0 atom stereocenters. The molecule has 0 unspecified atom stereocenters. The lowest BCUT2D eigenvalue weighted by Crippen LogP contribution is -2.41. The van der Waals surface area contributed by atoms with Crippen LogP contribution in [0.2, 0.25) is 0 Å². The van der Waals surface area contributed by atoms with Crippen LogP contribution in [0.25, 0.3) is 0 Å². The van der Waals surface area contributed by atoms with E-state index in [0.29, 0.717) is 9.94 Å². The van der Waals surface area contributed by atoms with Gasteiger partial charge in [0.15, 0.2) is 19.7 Å². The SMILES string of the molecule is CC1(C)OB(c2cncc(S(=O)(=O)CC(N)=O)c2)OC1(C)C.NC(=O)CS(=O)(=O)c1cncc(Br)c1. The molecule has 0 saturated carbocycles. The topological polar surface area (TPSA) is 199 Å². The first kappa shape index (κ1) is 29.8. The van der Waals surface area contributed by atoms with Gasteiger partial charge in [0.2, 0.25) is 11.8 Å². The summed E-state index contributed by atoms with van der Waals surface area (Å²) < 4.78 is 59.2. The molecule has 1 aliphatic heterocycles. The summed E-state index contributed by atoms with van der Waals surface area (Å²) in [5, 5.41) is 0. The number of nitrogens with zero attached hydrogens (tertiary/aromatic N) is 2. The molecule has 0 aliphatic carbocycles. The van der Waals surface area contributed by atoms with E-state index in [2.05, 4.69) is 25.9 Å². The maximum atomic E-state index is 12.0. The summed E-state index contributed by atoms with van der Waals surface area (Å²) >= 11 is 3.08. The number of sulfone groups is 2. The first-order chi connectivity index (χ1) is 16.4. The molecule has 2 aromatic rings. The zero-order chi connectivity index (χ0) is 27.5. The summed E-state index contributed by atoms with van der Waals surface area (Å²) in [5.74, 6) is -3.27. The van der Waals surface area contributed by atoms with Crippen molar-refractivity contribution in [3.63, 3.8) is 0 Å². The van der Waals surface area contributed by atoms with Crippen LogP contribution in [-0.2, 0) is 38.6 Å². The van der Waals surface area contributed by atoms with Crippen LogP contribution in [-0.4, -0.2) is 68.4 Å². The van der Waals surface area contributed by atoms with Crippen LogP contribution in [0.15, 0.2) is 51.2 Å². The van der Waals surface area contributed by atoms with Gasteiger partial charge in [0, 0.05) is 34.7 Å². The monoisotopic (exact) mass is 604 g/mol. The third kappa shape index (κ3) is 7.55. The summed E-state index contributed by atoms with van der Waals surface area (Å²) in [6, 6.07) is 2.76. The van der Waals surface area contributed by atoms with Crippen molar-refractivity contribution in [2.24, 2.45) is 11.5 Å². The normalized spacial score (nSPS) is 16.6. The fourth-order valence-electron chi connectivity index (χ4n) is 2.82. The molecule has 1 fully saturated rings. The molecule has 0 aromatic carbocycles. The van der Waals surface area contributed by atoms with Gasteiger partial charge in [-0.1, -0.05) is 0 Å². The fourth-order valence-corrected chi connectivity index (χ4v) is 5.48. The Morgan fingerprint density at radius 3 is 1.67 bits per heavy atom. The Hall–Kier alpha value is -2.40. The Kier molecular flexibility index (Phi) is 9.05. The second kappa shape index (κ2) is 10.9. The van der Waals surface area contributed by atoms with Crippen molar-refractivity contribution < 1.29 is 35.7 Å². The van der Waals surface area contributed by atoms with E-state index in [-0.39, 0.29) is 9.79 Å². The second-order valence-electron chi connectivity index (χ2n) is 8.83. The Morgan fingerprint density at radius 1 is 0.833 bits per heavy atom. The summed E-state index contributed by atoms with van der Waals surface area (Å²) in [5.41, 5.74) is 9.16. The first-order valence-electron chi connectivity index (χ1n) is 10.3. The molecule has 0 spiro atoms. The number of carbonyl (C=O) groups excluding carboxylic acids is 2. The van der Waals surface area contributed by atoms with E-state index < -0.39 is 61.3 Å². The molecule has 2 aromatic heterocycles. The highest BCUT2D eigenvalue weighted by Crippen LogP contribution is 2.36. The van der Waals surface area contributed by atoms with E-state index in [4.69, 9.17) is 20.8 Å². The number of carbonyl (C=O) groups is 2. The van der Waals surface area contributed by atoms with E-state index in [9.17, 15) is 26.4 Å². The number of hydrogen-bond donors (Lipinski definition) is 2. The zero-order valence-electron chi connectivity index (χ0n) is 20.0. The van der Waals surface area contributed by atoms with Gasteiger partial charge in [-0.25, -0.2) is 16.8 Å². The van der Waals surface area contributed by atoms with Crippen molar-refractivity contribution in [1.29, 1.82) is 0 Å². The number of primary amides is 2. The highest BCUT2D eigenvalue weighted by atomic mass is 79.9. The molecular weight excluding hydrogens is 579 g/mol. The third-order valence-electron chi connectivity index (χ3n) is 5.32. The van der Waals surface area contributed by atoms with Gasteiger partial charge < -0.3 is 20.8 Å². The molecule has 196 valence electrons. The molecule has 0 bridgehead atoms. The standard InChI is InChI=1S/C13H19BN2O5S.C7H7BrN2O3S/c1-12(2)13(3,4)21-14(20-12)9-5-10(7-16-6-9)22(18,19)8-11(15)17;8-5-1-6(3-10-2-5)14(12,13)4-7(9)11/h5-7H,8H2,1-4H3,(H2,15,17);1-3H,4H2,(H2,9,11). The quantitative estimate of drug-likeness (QED) is 0.397. The average Bonchev–Trinajstić information content (AvgIpc) is 2.94. The van der Waals surface area contributed by atoms with E-state index in [0.717, 1.165) is 0 Å². The second-order valence-corrected chi connectivity index (χ2v) is 13.7. The van der Waals surface area contributed by atoms with E-state index in [1.807, 2.05) is 27.7 Å². The molecule has 16 heteroatoms. The summed E-state index contributed by atoms with van der Waals surface area (Å²) in [6.45, 7) is 7.59. The lowest BCUT2D eigenvalue weighted by Gasteiger charge is -2.32. The molecular formula is C20H26BBrN4O8S2. The highest BCUT2D eigenvalue weighted by molar-refractivity contribution is 9.10. The smallest absolute Gasteiger partial charge is 0.399 e. The van der Waals surface area contributed by atoms with Gasteiger partial charge in [-0.3, -0.25) is 19.6 Å². The number of rotatable bonds is 7. The van der Waals surface area contributed by atoms with Crippen LogP contribution in [0.4, 0.5) is 0 Å². The van der Waals surface area contributed by atoms with Gasteiger partial charge in [0.1, 0.15) is 11.5 Å². The van der Waals surface area contributed by atoms with E-state index in [1.165, 1.54) is 36.9 Å². The van der Waals surface area contributed by atoms with Gasteiger partial charge in [0.05, 0.1) is 21.0 Å².